The molecule has 0 aromatic heterocycles. The van der Waals surface area contributed by atoms with Gasteiger partial charge in [-0.15, -0.1) is 0 Å². The van der Waals surface area contributed by atoms with Crippen molar-refractivity contribution in [3.8, 4) is 0 Å². The smallest absolute Gasteiger partial charge is 0.316 e. The van der Waals surface area contributed by atoms with E-state index in [9.17, 15) is 9.59 Å². The molecule has 0 spiro atoms. The van der Waals surface area contributed by atoms with E-state index in [0.29, 0.717) is 0 Å². The van der Waals surface area contributed by atoms with Crippen LogP contribution in [0.25, 0.3) is 0 Å². The lowest BCUT2D eigenvalue weighted by atomic mass is 10.8. The monoisotopic (exact) mass is 186 g/mol. The fourth-order valence-electron chi connectivity index (χ4n) is 0.356. The Hall–Kier alpha value is -2.18. The number of rotatable bonds is 4. The van der Waals surface area contributed by atoms with Crippen LogP contribution in [0.4, 0.5) is 9.59 Å². The molecule has 72 valence electrons. The lowest BCUT2D eigenvalue weighted by Crippen LogP contribution is -2.24. The highest BCUT2D eigenvalue weighted by molar-refractivity contribution is 5.72. The number of urea groups is 2. The van der Waals surface area contributed by atoms with Crippen molar-refractivity contribution in [2.24, 2.45) is 11.5 Å². The first kappa shape index (κ1) is 10.8. The lowest BCUT2D eigenvalue weighted by Gasteiger charge is -1.92. The number of hydrogen-bond donors (Lipinski definition) is 4. The Morgan fingerprint density at radius 3 is 1.69 bits per heavy atom. The summed E-state index contributed by atoms with van der Waals surface area (Å²) < 4.78 is 4.63. The second-order valence-electron chi connectivity index (χ2n) is 1.76. The van der Waals surface area contributed by atoms with E-state index in [2.05, 4.69) is 15.4 Å². The summed E-state index contributed by atoms with van der Waals surface area (Å²) in [6.07, 6.45) is 4.70. The van der Waals surface area contributed by atoms with E-state index in [1.807, 2.05) is 0 Å². The minimum Gasteiger partial charge on any atom is -0.470 e. The maximum absolute atomic E-state index is 10.1. The van der Waals surface area contributed by atoms with Crippen LogP contribution in [0.3, 0.4) is 0 Å². The van der Waals surface area contributed by atoms with Crippen molar-refractivity contribution in [2.45, 2.75) is 0 Å². The van der Waals surface area contributed by atoms with Crippen molar-refractivity contribution in [1.29, 1.82) is 0 Å². The summed E-state index contributed by atoms with van der Waals surface area (Å²) in [5.74, 6) is 0. The zero-order chi connectivity index (χ0) is 10.1. The number of carbonyl (C=O) groups excluding carboxylic acids is 2. The quantitative estimate of drug-likeness (QED) is 0.434. The van der Waals surface area contributed by atoms with Gasteiger partial charge in [0.05, 0.1) is 0 Å². The van der Waals surface area contributed by atoms with Crippen LogP contribution in [0.15, 0.2) is 24.9 Å². The fraction of sp³-hybridized carbons (Fsp3) is 0. The third kappa shape index (κ3) is 9.82. The maximum atomic E-state index is 10.1. The van der Waals surface area contributed by atoms with Crippen molar-refractivity contribution in [3.63, 3.8) is 0 Å². The molecule has 7 nitrogen and oxygen atoms in total. The molecular weight excluding hydrogens is 176 g/mol. The van der Waals surface area contributed by atoms with Crippen LogP contribution in [0.2, 0.25) is 0 Å². The van der Waals surface area contributed by atoms with E-state index in [1.165, 1.54) is 12.4 Å². The van der Waals surface area contributed by atoms with Crippen LogP contribution < -0.4 is 22.1 Å². The Labute approximate surface area is 74.4 Å². The summed E-state index contributed by atoms with van der Waals surface area (Å²) in [6.45, 7) is 0. The Bertz CT molecular complexity index is 212. The molecular formula is C6H10N4O3. The van der Waals surface area contributed by atoms with Gasteiger partial charge in [-0.2, -0.15) is 0 Å². The highest BCUT2D eigenvalue weighted by atomic mass is 16.5. The summed E-state index contributed by atoms with van der Waals surface area (Å²) in [4.78, 5) is 20.2. The second-order valence-corrected chi connectivity index (χ2v) is 1.76. The molecule has 0 aromatic rings. The van der Waals surface area contributed by atoms with E-state index in [0.717, 1.165) is 12.5 Å². The van der Waals surface area contributed by atoms with Gasteiger partial charge in [0.1, 0.15) is 12.5 Å². The molecule has 0 aliphatic rings. The summed E-state index contributed by atoms with van der Waals surface area (Å²) in [6, 6.07) is -1.39. The molecule has 0 saturated heterocycles. The largest absolute Gasteiger partial charge is 0.470 e. The number of nitrogens with one attached hydrogen (secondary N) is 2. The number of nitrogens with two attached hydrogens (primary N) is 2. The van der Waals surface area contributed by atoms with Gasteiger partial charge < -0.3 is 26.8 Å². The van der Waals surface area contributed by atoms with Crippen LogP contribution in [-0.4, -0.2) is 12.1 Å². The van der Waals surface area contributed by atoms with Gasteiger partial charge in [-0.05, 0) is 0 Å². The third-order valence-corrected chi connectivity index (χ3v) is 0.744. The van der Waals surface area contributed by atoms with E-state index in [4.69, 9.17) is 11.5 Å². The molecule has 0 bridgehead atoms. The molecule has 7 heteroatoms. The van der Waals surface area contributed by atoms with Crippen molar-refractivity contribution < 1.29 is 14.3 Å². The predicted molar refractivity (Wildman–Crippen MR) is 44.8 cm³/mol. The van der Waals surface area contributed by atoms with Crippen LogP contribution in [-0.2, 0) is 4.74 Å². The van der Waals surface area contributed by atoms with E-state index >= 15 is 0 Å². The van der Waals surface area contributed by atoms with Gasteiger partial charge >= 0.3 is 12.1 Å². The Balaban J connectivity index is 3.43. The fourth-order valence-corrected chi connectivity index (χ4v) is 0.356. The average Bonchev–Trinajstić information content (AvgIpc) is 2.01. The third-order valence-electron chi connectivity index (χ3n) is 0.744. The molecule has 0 fully saturated rings. The van der Waals surface area contributed by atoms with Crippen LogP contribution >= 0.6 is 0 Å². The number of ether oxygens (including phenoxy) is 1. The summed E-state index contributed by atoms with van der Waals surface area (Å²) in [5, 5.41) is 4.27. The number of carbonyl (C=O) groups is 2. The summed E-state index contributed by atoms with van der Waals surface area (Å²) >= 11 is 0. The highest BCUT2D eigenvalue weighted by Crippen LogP contribution is 1.76. The molecule has 0 atom stereocenters. The first-order valence-electron chi connectivity index (χ1n) is 3.20. The topological polar surface area (TPSA) is 119 Å². The number of hydrogen-bond acceptors (Lipinski definition) is 3. The van der Waals surface area contributed by atoms with Crippen LogP contribution in [0.1, 0.15) is 0 Å². The standard InChI is InChI=1S/C6H10N4O3/c7-5(11)9-1-3-13-4-2-10-6(8)12/h1-4H,(H3,7,9,11)(H3,8,10,12). The minimum absolute atomic E-state index is 0.695. The normalized spacial score (nSPS) is 10.2. The number of primary amides is 2. The molecule has 4 amide bonds. The molecule has 0 unspecified atom stereocenters. The first-order chi connectivity index (χ1) is 6.13. The summed E-state index contributed by atoms with van der Waals surface area (Å²) in [5.41, 5.74) is 9.45. The molecule has 6 N–H and O–H groups in total. The average molecular weight is 186 g/mol. The Morgan fingerprint density at radius 1 is 1.00 bits per heavy atom. The van der Waals surface area contributed by atoms with Crippen molar-refractivity contribution in [1.82, 2.24) is 10.6 Å². The zero-order valence-electron chi connectivity index (χ0n) is 6.69. The molecule has 0 aliphatic heterocycles. The summed E-state index contributed by atoms with van der Waals surface area (Å²) in [7, 11) is 0. The highest BCUT2D eigenvalue weighted by Gasteiger charge is 1.82. The van der Waals surface area contributed by atoms with E-state index < -0.39 is 12.1 Å². The molecule has 0 radical (unpaired) electrons. The van der Waals surface area contributed by atoms with Gasteiger partial charge in [0.15, 0.2) is 0 Å². The maximum Gasteiger partial charge on any atom is 0.316 e. The van der Waals surface area contributed by atoms with Crippen molar-refractivity contribution >= 4 is 12.1 Å². The second kappa shape index (κ2) is 6.53. The minimum atomic E-state index is -0.695. The van der Waals surface area contributed by atoms with Crippen LogP contribution in [0, 0.1) is 0 Å². The molecule has 0 saturated carbocycles. The SMILES string of the molecule is NC(=O)NC=COC=CNC(N)=O. The Morgan fingerprint density at radius 2 is 1.38 bits per heavy atom. The molecule has 0 aromatic carbocycles. The lowest BCUT2D eigenvalue weighted by molar-refractivity contribution is 0.251. The Kier molecular flexibility index (Phi) is 5.43. The van der Waals surface area contributed by atoms with Gasteiger partial charge in [0.2, 0.25) is 0 Å². The predicted octanol–water partition coefficient (Wildman–Crippen LogP) is -0.718. The van der Waals surface area contributed by atoms with Crippen molar-refractivity contribution in [2.75, 3.05) is 0 Å². The van der Waals surface area contributed by atoms with Gasteiger partial charge in [-0.25, -0.2) is 9.59 Å². The number of amides is 4. The van der Waals surface area contributed by atoms with Gasteiger partial charge in [0.25, 0.3) is 0 Å². The van der Waals surface area contributed by atoms with Gasteiger partial charge in [-0.1, -0.05) is 0 Å². The van der Waals surface area contributed by atoms with Crippen molar-refractivity contribution in [3.05, 3.63) is 24.9 Å². The molecule has 0 heterocycles. The van der Waals surface area contributed by atoms with Gasteiger partial charge in [0, 0.05) is 12.4 Å². The van der Waals surface area contributed by atoms with E-state index in [1.54, 1.807) is 0 Å². The molecule has 0 rings (SSSR count). The van der Waals surface area contributed by atoms with Gasteiger partial charge in [-0.3, -0.25) is 0 Å². The molecule has 13 heavy (non-hydrogen) atoms. The first-order valence-corrected chi connectivity index (χ1v) is 3.20. The van der Waals surface area contributed by atoms with E-state index in [-0.39, 0.29) is 0 Å². The molecule has 0 aliphatic carbocycles. The zero-order valence-corrected chi connectivity index (χ0v) is 6.69. The van der Waals surface area contributed by atoms with Crippen LogP contribution in [0.5, 0.6) is 0 Å².